The van der Waals surface area contributed by atoms with E-state index >= 15 is 0 Å². The van der Waals surface area contributed by atoms with Gasteiger partial charge in [-0.1, -0.05) is 71.8 Å². The summed E-state index contributed by atoms with van der Waals surface area (Å²) < 4.78 is 12.6. The molecule has 2 aromatic carbocycles. The minimum Gasteiger partial charge on any atom is -0.493 e. The van der Waals surface area contributed by atoms with Crippen molar-refractivity contribution in [1.29, 1.82) is 0 Å². The number of nitrogens with one attached hydrogen (secondary N) is 1. The molecule has 152 valence electrons. The van der Waals surface area contributed by atoms with Gasteiger partial charge >= 0.3 is 0 Å². The molecule has 0 bridgehead atoms. The fraction of sp³-hybridized carbons (Fsp3) is 0.478. The van der Waals surface area contributed by atoms with E-state index in [2.05, 4.69) is 27.3 Å². The van der Waals surface area contributed by atoms with E-state index in [0.717, 1.165) is 33.1 Å². The SMILES string of the molecule is COc1cc(CNC2CCCCCCC2)c(Br)cc1OCc1ccc(Cl)cc1. The number of hydrogen-bond donors (Lipinski definition) is 1. The zero-order chi connectivity index (χ0) is 19.8. The van der Waals surface area contributed by atoms with Gasteiger partial charge in [0.25, 0.3) is 0 Å². The predicted molar refractivity (Wildman–Crippen MR) is 119 cm³/mol. The van der Waals surface area contributed by atoms with E-state index in [4.69, 9.17) is 21.1 Å². The maximum Gasteiger partial charge on any atom is 0.162 e. The highest BCUT2D eigenvalue weighted by atomic mass is 79.9. The first-order valence-corrected chi connectivity index (χ1v) is 11.3. The molecule has 1 N–H and O–H groups in total. The number of rotatable bonds is 7. The molecule has 0 spiro atoms. The molecule has 0 aromatic heterocycles. The minimum absolute atomic E-state index is 0.472. The molecule has 1 aliphatic rings. The Morgan fingerprint density at radius 3 is 2.36 bits per heavy atom. The molecule has 1 fully saturated rings. The summed E-state index contributed by atoms with van der Waals surface area (Å²) >= 11 is 9.65. The molecular weight excluding hydrogens is 438 g/mol. The van der Waals surface area contributed by atoms with Gasteiger partial charge in [0.2, 0.25) is 0 Å². The van der Waals surface area contributed by atoms with Gasteiger partial charge in [-0.15, -0.1) is 0 Å². The van der Waals surface area contributed by atoms with Gasteiger partial charge in [-0.25, -0.2) is 0 Å². The van der Waals surface area contributed by atoms with Gasteiger partial charge in [-0.3, -0.25) is 0 Å². The first kappa shape index (κ1) is 21.5. The van der Waals surface area contributed by atoms with Crippen molar-refractivity contribution in [3.05, 3.63) is 57.0 Å². The second-order valence-electron chi connectivity index (χ2n) is 7.43. The zero-order valence-corrected chi connectivity index (χ0v) is 18.8. The molecular formula is C23H29BrClNO2. The van der Waals surface area contributed by atoms with Crippen molar-refractivity contribution in [3.63, 3.8) is 0 Å². The fourth-order valence-electron chi connectivity index (χ4n) is 3.64. The highest BCUT2D eigenvalue weighted by Crippen LogP contribution is 2.34. The number of benzene rings is 2. The summed E-state index contributed by atoms with van der Waals surface area (Å²) in [5, 5.41) is 4.47. The van der Waals surface area contributed by atoms with E-state index in [9.17, 15) is 0 Å². The average molecular weight is 467 g/mol. The Hall–Kier alpha value is -1.23. The summed E-state index contributed by atoms with van der Waals surface area (Å²) in [6, 6.07) is 12.4. The summed E-state index contributed by atoms with van der Waals surface area (Å²) in [7, 11) is 1.68. The lowest BCUT2D eigenvalue weighted by Crippen LogP contribution is -2.29. The van der Waals surface area contributed by atoms with E-state index in [1.807, 2.05) is 30.3 Å². The van der Waals surface area contributed by atoms with E-state index in [-0.39, 0.29) is 0 Å². The maximum absolute atomic E-state index is 6.00. The monoisotopic (exact) mass is 465 g/mol. The van der Waals surface area contributed by atoms with Gasteiger partial charge in [0.1, 0.15) is 6.61 Å². The van der Waals surface area contributed by atoms with Crippen molar-refractivity contribution in [3.8, 4) is 11.5 Å². The molecule has 0 radical (unpaired) electrons. The van der Waals surface area contributed by atoms with Crippen LogP contribution in [0.1, 0.15) is 56.1 Å². The van der Waals surface area contributed by atoms with Crippen molar-refractivity contribution in [2.75, 3.05) is 7.11 Å². The Bertz CT molecular complexity index is 743. The lowest BCUT2D eigenvalue weighted by atomic mass is 9.96. The fourth-order valence-corrected chi connectivity index (χ4v) is 4.23. The summed E-state index contributed by atoms with van der Waals surface area (Å²) in [5.74, 6) is 1.49. The molecule has 2 aromatic rings. The zero-order valence-electron chi connectivity index (χ0n) is 16.5. The summed E-state index contributed by atoms with van der Waals surface area (Å²) in [6.07, 6.45) is 9.35. The van der Waals surface area contributed by atoms with Crippen LogP contribution in [-0.2, 0) is 13.2 Å². The van der Waals surface area contributed by atoms with Gasteiger partial charge in [-0.2, -0.15) is 0 Å². The number of methoxy groups -OCH3 is 1. The van der Waals surface area contributed by atoms with E-state index in [1.165, 1.54) is 50.5 Å². The molecule has 28 heavy (non-hydrogen) atoms. The van der Waals surface area contributed by atoms with Gasteiger partial charge < -0.3 is 14.8 Å². The van der Waals surface area contributed by atoms with Crippen molar-refractivity contribution in [1.82, 2.24) is 5.32 Å². The summed E-state index contributed by atoms with van der Waals surface area (Å²) in [4.78, 5) is 0. The molecule has 3 rings (SSSR count). The van der Waals surface area contributed by atoms with Crippen molar-refractivity contribution in [2.24, 2.45) is 0 Å². The van der Waals surface area contributed by atoms with Crippen LogP contribution >= 0.6 is 27.5 Å². The molecule has 1 aliphatic carbocycles. The highest BCUT2D eigenvalue weighted by molar-refractivity contribution is 9.10. The van der Waals surface area contributed by atoms with Gasteiger partial charge in [0.05, 0.1) is 7.11 Å². The number of halogens is 2. The molecule has 0 atom stereocenters. The van der Waals surface area contributed by atoms with Gasteiger partial charge in [-0.05, 0) is 48.2 Å². The van der Waals surface area contributed by atoms with Crippen molar-refractivity contribution in [2.45, 2.75) is 64.1 Å². The topological polar surface area (TPSA) is 30.5 Å². The maximum atomic E-state index is 6.00. The van der Waals surface area contributed by atoms with Crippen LogP contribution in [0.3, 0.4) is 0 Å². The summed E-state index contributed by atoms with van der Waals surface area (Å²) in [5.41, 5.74) is 2.26. The molecule has 5 heteroatoms. The summed E-state index contributed by atoms with van der Waals surface area (Å²) in [6.45, 7) is 1.30. The molecule has 0 aliphatic heterocycles. The molecule has 0 unspecified atom stereocenters. The lowest BCUT2D eigenvalue weighted by molar-refractivity contribution is 0.284. The molecule has 1 saturated carbocycles. The third-order valence-corrected chi connectivity index (χ3v) is 6.32. The second kappa shape index (κ2) is 11.1. The standard InChI is InChI=1S/C23H29BrClNO2/c1-27-22-13-18(15-26-20-7-5-3-2-4-6-8-20)21(24)14-23(22)28-16-17-9-11-19(25)12-10-17/h9-14,20,26H,2-8,15-16H2,1H3. The Morgan fingerprint density at radius 2 is 1.68 bits per heavy atom. The predicted octanol–water partition coefficient (Wildman–Crippen LogP) is 6.89. The van der Waals surface area contributed by atoms with E-state index < -0.39 is 0 Å². The van der Waals surface area contributed by atoms with Crippen LogP contribution in [0.4, 0.5) is 0 Å². The van der Waals surface area contributed by atoms with Crippen LogP contribution in [0.5, 0.6) is 11.5 Å². The third kappa shape index (κ3) is 6.40. The first-order valence-electron chi connectivity index (χ1n) is 10.1. The Kier molecular flexibility index (Phi) is 8.50. The van der Waals surface area contributed by atoms with Crippen molar-refractivity contribution < 1.29 is 9.47 Å². The van der Waals surface area contributed by atoms with Crippen LogP contribution in [0, 0.1) is 0 Å². The Labute approximate surface area is 181 Å². The van der Waals surface area contributed by atoms with Crippen LogP contribution in [0.2, 0.25) is 5.02 Å². The largest absolute Gasteiger partial charge is 0.493 e. The minimum atomic E-state index is 0.472. The number of ether oxygens (including phenoxy) is 2. The van der Waals surface area contributed by atoms with Crippen LogP contribution < -0.4 is 14.8 Å². The molecule has 0 amide bonds. The normalized spacial score (nSPS) is 15.7. The van der Waals surface area contributed by atoms with Crippen LogP contribution in [0.25, 0.3) is 0 Å². The van der Waals surface area contributed by atoms with E-state index in [1.54, 1.807) is 7.11 Å². The number of hydrogen-bond acceptors (Lipinski definition) is 3. The van der Waals surface area contributed by atoms with Gasteiger partial charge in [0, 0.05) is 22.1 Å². The smallest absolute Gasteiger partial charge is 0.162 e. The first-order chi connectivity index (χ1) is 13.7. The van der Waals surface area contributed by atoms with E-state index in [0.29, 0.717) is 12.6 Å². The van der Waals surface area contributed by atoms with Gasteiger partial charge in [0.15, 0.2) is 11.5 Å². The molecule has 0 heterocycles. The highest BCUT2D eigenvalue weighted by Gasteiger charge is 2.14. The molecule has 3 nitrogen and oxygen atoms in total. The van der Waals surface area contributed by atoms with Crippen molar-refractivity contribution >= 4 is 27.5 Å². The third-order valence-electron chi connectivity index (χ3n) is 5.33. The second-order valence-corrected chi connectivity index (χ2v) is 8.72. The van der Waals surface area contributed by atoms with Crippen LogP contribution in [-0.4, -0.2) is 13.2 Å². The Balaban J connectivity index is 1.62. The Morgan fingerprint density at radius 1 is 1.00 bits per heavy atom. The van der Waals surface area contributed by atoms with Crippen LogP contribution in [0.15, 0.2) is 40.9 Å². The quantitative estimate of drug-likeness (QED) is 0.482. The lowest BCUT2D eigenvalue weighted by Gasteiger charge is -2.22. The average Bonchev–Trinajstić information content (AvgIpc) is 2.67. The molecule has 0 saturated heterocycles.